The SMILES string of the molecule is CC1N(C2CCCC2)/C(=N/C(=N)Nc2ccc(OCCN3CCCC3)nc2)[C@@]1(C)[C@@H](C)CF. The number of ether oxygens (including phenoxy) is 1. The van der Waals surface area contributed by atoms with Gasteiger partial charge < -0.3 is 15.0 Å². The number of anilines is 1. The highest BCUT2D eigenvalue weighted by Gasteiger charge is 2.57. The van der Waals surface area contributed by atoms with Gasteiger partial charge >= 0.3 is 0 Å². The number of guanidine groups is 1. The molecule has 0 amide bonds. The number of alkyl halides is 1. The van der Waals surface area contributed by atoms with Gasteiger partial charge in [-0.1, -0.05) is 26.7 Å². The zero-order valence-corrected chi connectivity index (χ0v) is 20.3. The van der Waals surface area contributed by atoms with Crippen molar-refractivity contribution in [2.75, 3.05) is 38.2 Å². The van der Waals surface area contributed by atoms with Crippen LogP contribution in [0, 0.1) is 16.7 Å². The average Bonchev–Trinajstić information content (AvgIpc) is 3.53. The molecule has 2 aliphatic heterocycles. The fourth-order valence-corrected chi connectivity index (χ4v) is 5.61. The number of hydrogen-bond acceptors (Lipinski definition) is 4. The van der Waals surface area contributed by atoms with Gasteiger partial charge in [-0.25, -0.2) is 4.98 Å². The molecule has 1 unspecified atom stereocenters. The van der Waals surface area contributed by atoms with Gasteiger partial charge in [0.2, 0.25) is 11.8 Å². The van der Waals surface area contributed by atoms with E-state index in [0.29, 0.717) is 24.2 Å². The van der Waals surface area contributed by atoms with E-state index in [9.17, 15) is 4.39 Å². The van der Waals surface area contributed by atoms with Gasteiger partial charge in [-0.3, -0.25) is 14.7 Å². The second kappa shape index (κ2) is 10.4. The molecule has 7 nitrogen and oxygen atoms in total. The van der Waals surface area contributed by atoms with E-state index in [1.807, 2.05) is 19.1 Å². The van der Waals surface area contributed by atoms with Gasteiger partial charge in [-0.15, -0.1) is 0 Å². The van der Waals surface area contributed by atoms with Crippen LogP contribution < -0.4 is 10.1 Å². The monoisotopic (exact) mass is 458 g/mol. The van der Waals surface area contributed by atoms with Crippen molar-refractivity contribution in [2.24, 2.45) is 16.3 Å². The Morgan fingerprint density at radius 1 is 1.30 bits per heavy atom. The number of rotatable bonds is 8. The molecule has 4 rings (SSSR count). The predicted octanol–water partition coefficient (Wildman–Crippen LogP) is 4.56. The Morgan fingerprint density at radius 2 is 2.03 bits per heavy atom. The lowest BCUT2D eigenvalue weighted by molar-refractivity contribution is 0.0244. The molecule has 1 aromatic heterocycles. The Labute approximate surface area is 197 Å². The number of aliphatic imine (C=N–C) groups is 1. The maximum Gasteiger partial charge on any atom is 0.221 e. The summed E-state index contributed by atoms with van der Waals surface area (Å²) in [6.45, 7) is 9.69. The van der Waals surface area contributed by atoms with Gasteiger partial charge in [0.1, 0.15) is 12.4 Å². The van der Waals surface area contributed by atoms with Crippen molar-refractivity contribution in [3.63, 3.8) is 0 Å². The predicted molar refractivity (Wildman–Crippen MR) is 131 cm³/mol. The maximum absolute atomic E-state index is 13.7. The summed E-state index contributed by atoms with van der Waals surface area (Å²) in [5, 5.41) is 11.5. The Hall–Kier alpha value is -2.22. The Morgan fingerprint density at radius 3 is 2.67 bits per heavy atom. The number of nitrogens with zero attached hydrogens (tertiary/aromatic N) is 4. The standard InChI is InChI=1S/C25H39FN6O/c1-18(16-26)25(3)19(2)32(21-8-4-5-9-21)23(25)30-24(27)29-20-10-11-22(28-17-20)33-15-14-31-12-6-7-13-31/h10-11,17-19,21H,4-9,12-16H2,1-3H3,(H2,27,29)/b30-23+/t18-,19?,25-/m0/s1. The van der Waals surface area contributed by atoms with E-state index < -0.39 is 0 Å². The van der Waals surface area contributed by atoms with Crippen LogP contribution >= 0.6 is 0 Å². The highest BCUT2D eigenvalue weighted by molar-refractivity contribution is 6.06. The molecule has 1 saturated carbocycles. The van der Waals surface area contributed by atoms with Gasteiger partial charge in [0, 0.05) is 24.7 Å². The largest absolute Gasteiger partial charge is 0.476 e. The van der Waals surface area contributed by atoms with Crippen LogP contribution in [0.4, 0.5) is 10.1 Å². The summed E-state index contributed by atoms with van der Waals surface area (Å²) < 4.78 is 19.5. The van der Waals surface area contributed by atoms with E-state index in [2.05, 4.69) is 38.9 Å². The van der Waals surface area contributed by atoms with Crippen LogP contribution in [-0.4, -0.2) is 71.6 Å². The topological polar surface area (TPSA) is 76.8 Å². The van der Waals surface area contributed by atoms with Gasteiger partial charge in [0.15, 0.2) is 0 Å². The zero-order chi connectivity index (χ0) is 23.4. The smallest absolute Gasteiger partial charge is 0.221 e. The molecule has 3 heterocycles. The third kappa shape index (κ3) is 5.00. The summed E-state index contributed by atoms with van der Waals surface area (Å²) in [6, 6.07) is 4.34. The number of pyridine rings is 1. The average molecular weight is 459 g/mol. The van der Waals surface area contributed by atoms with E-state index in [-0.39, 0.29) is 30.0 Å². The van der Waals surface area contributed by atoms with Crippen LogP contribution in [0.15, 0.2) is 23.3 Å². The minimum atomic E-state index is -0.387. The third-order valence-electron chi connectivity index (χ3n) is 8.06. The first-order valence-corrected chi connectivity index (χ1v) is 12.5. The van der Waals surface area contributed by atoms with Crippen LogP contribution in [-0.2, 0) is 0 Å². The van der Waals surface area contributed by atoms with E-state index in [1.54, 1.807) is 6.20 Å². The molecule has 3 atom stereocenters. The lowest BCUT2D eigenvalue weighted by Gasteiger charge is -2.61. The molecule has 0 spiro atoms. The van der Waals surface area contributed by atoms with Crippen molar-refractivity contribution < 1.29 is 9.13 Å². The van der Waals surface area contributed by atoms with Gasteiger partial charge in [0.05, 0.1) is 24.0 Å². The van der Waals surface area contributed by atoms with Crippen LogP contribution in [0.2, 0.25) is 0 Å². The second-order valence-corrected chi connectivity index (χ2v) is 10.1. The Bertz CT molecular complexity index is 834. The summed E-state index contributed by atoms with van der Waals surface area (Å²) in [7, 11) is 0. The number of amidine groups is 1. The quantitative estimate of drug-likeness (QED) is 0.441. The number of nitrogens with one attached hydrogen (secondary N) is 2. The normalized spacial score (nSPS) is 28.2. The zero-order valence-electron chi connectivity index (χ0n) is 20.3. The van der Waals surface area contributed by atoms with Crippen molar-refractivity contribution in [1.29, 1.82) is 5.41 Å². The Kier molecular flexibility index (Phi) is 7.51. The molecule has 2 N–H and O–H groups in total. The highest BCUT2D eigenvalue weighted by atomic mass is 19.1. The lowest BCUT2D eigenvalue weighted by atomic mass is 9.64. The molecule has 0 radical (unpaired) electrons. The first-order chi connectivity index (χ1) is 15.9. The van der Waals surface area contributed by atoms with Crippen LogP contribution in [0.25, 0.3) is 0 Å². The first-order valence-electron chi connectivity index (χ1n) is 12.5. The first kappa shape index (κ1) is 23.9. The van der Waals surface area contributed by atoms with Gasteiger partial charge in [-0.2, -0.15) is 4.99 Å². The fraction of sp³-hybridized carbons (Fsp3) is 0.720. The van der Waals surface area contributed by atoms with Gasteiger partial charge in [-0.05, 0) is 57.7 Å². The molecule has 0 bridgehead atoms. The molecule has 33 heavy (non-hydrogen) atoms. The number of aromatic nitrogens is 1. The molecule has 3 aliphatic rings. The number of halogens is 1. The summed E-state index contributed by atoms with van der Waals surface area (Å²) in [6.07, 6.45) is 8.97. The highest BCUT2D eigenvalue weighted by Crippen LogP contribution is 2.49. The molecule has 2 saturated heterocycles. The summed E-state index contributed by atoms with van der Waals surface area (Å²) in [4.78, 5) is 13.8. The van der Waals surface area contributed by atoms with E-state index in [0.717, 1.165) is 38.3 Å². The number of likely N-dealkylation sites (tertiary alicyclic amines) is 2. The molecule has 1 aliphatic carbocycles. The minimum Gasteiger partial charge on any atom is -0.476 e. The lowest BCUT2D eigenvalue weighted by Crippen LogP contribution is -2.71. The van der Waals surface area contributed by atoms with Crippen molar-refractivity contribution in [3.8, 4) is 5.88 Å². The van der Waals surface area contributed by atoms with E-state index >= 15 is 0 Å². The van der Waals surface area contributed by atoms with Crippen molar-refractivity contribution in [1.82, 2.24) is 14.8 Å². The van der Waals surface area contributed by atoms with E-state index in [4.69, 9.17) is 10.1 Å². The van der Waals surface area contributed by atoms with Crippen LogP contribution in [0.1, 0.15) is 59.3 Å². The Balaban J connectivity index is 1.38. The molecule has 3 fully saturated rings. The van der Waals surface area contributed by atoms with Crippen LogP contribution in [0.5, 0.6) is 5.88 Å². The fourth-order valence-electron chi connectivity index (χ4n) is 5.61. The molecule has 0 aromatic carbocycles. The van der Waals surface area contributed by atoms with E-state index in [1.165, 1.54) is 25.7 Å². The van der Waals surface area contributed by atoms with Crippen molar-refractivity contribution in [2.45, 2.75) is 71.4 Å². The maximum atomic E-state index is 13.7. The van der Waals surface area contributed by atoms with Crippen molar-refractivity contribution in [3.05, 3.63) is 18.3 Å². The molecule has 8 heteroatoms. The summed E-state index contributed by atoms with van der Waals surface area (Å²) in [5.74, 6) is 1.35. The van der Waals surface area contributed by atoms with Gasteiger partial charge in [0.25, 0.3) is 0 Å². The molecule has 182 valence electrons. The minimum absolute atomic E-state index is 0.0571. The molecular formula is C25H39FN6O. The summed E-state index contributed by atoms with van der Waals surface area (Å²) in [5.41, 5.74) is 0.327. The molecule has 1 aromatic rings. The second-order valence-electron chi connectivity index (χ2n) is 10.1. The van der Waals surface area contributed by atoms with Crippen molar-refractivity contribution >= 4 is 17.5 Å². The summed E-state index contributed by atoms with van der Waals surface area (Å²) >= 11 is 0. The molecular weight excluding hydrogens is 419 g/mol. The van der Waals surface area contributed by atoms with Crippen LogP contribution in [0.3, 0.4) is 0 Å². The number of hydrogen-bond donors (Lipinski definition) is 2. The third-order valence-corrected chi connectivity index (χ3v) is 8.06.